The number of hydrogen-bond acceptors (Lipinski definition) is 4. The summed E-state index contributed by atoms with van der Waals surface area (Å²) >= 11 is 0. The van der Waals surface area contributed by atoms with Crippen molar-refractivity contribution in [1.82, 2.24) is 9.80 Å². The fraction of sp³-hybridized carbons (Fsp3) is 0.900. The predicted molar refractivity (Wildman–Crippen MR) is 52.4 cm³/mol. The molecule has 0 radical (unpaired) electrons. The molecule has 2 aliphatic heterocycles. The van der Waals surface area contributed by atoms with Crippen molar-refractivity contribution in [2.24, 2.45) is 0 Å². The van der Waals surface area contributed by atoms with E-state index in [1.165, 1.54) is 4.90 Å². The summed E-state index contributed by atoms with van der Waals surface area (Å²) in [5.41, 5.74) is 0. The summed E-state index contributed by atoms with van der Waals surface area (Å²) < 4.78 is 5.25. The van der Waals surface area contributed by atoms with Crippen LogP contribution in [0.25, 0.3) is 0 Å². The van der Waals surface area contributed by atoms with Crippen molar-refractivity contribution in [3.63, 3.8) is 0 Å². The van der Waals surface area contributed by atoms with Crippen LogP contribution in [0.1, 0.15) is 12.8 Å². The third kappa shape index (κ3) is 3.39. The standard InChI is InChI=1S/C10H18N2O3.Li/c13-10(14)12-3-1-2-9(12)8-11-4-6-15-7-5-11;/h9H,1-8H2,(H,13,14);/q;+1/p-1/t9-;/m0./s1. The SMILES string of the molecule is O=C([O-])N1CCC[C@H]1CN1CCOCC1.[Li+]. The topological polar surface area (TPSA) is 55.8 Å². The van der Waals surface area contributed by atoms with Crippen molar-refractivity contribution >= 4 is 6.09 Å². The molecule has 2 rings (SSSR count). The van der Waals surface area contributed by atoms with Gasteiger partial charge in [0.25, 0.3) is 0 Å². The summed E-state index contributed by atoms with van der Waals surface area (Å²) in [6, 6.07) is 0.132. The smallest absolute Gasteiger partial charge is 0.530 e. The molecule has 0 N–H and O–H groups in total. The van der Waals surface area contributed by atoms with Gasteiger partial charge in [0.1, 0.15) is 6.09 Å². The minimum atomic E-state index is -1.02. The maximum Gasteiger partial charge on any atom is 1.00 e. The quantitative estimate of drug-likeness (QED) is 0.447. The molecule has 0 unspecified atom stereocenters. The first kappa shape index (κ1) is 13.9. The third-order valence-electron chi connectivity index (χ3n) is 3.18. The van der Waals surface area contributed by atoms with E-state index in [1.807, 2.05) is 0 Å². The largest absolute Gasteiger partial charge is 1.00 e. The van der Waals surface area contributed by atoms with Crippen LogP contribution in [0.5, 0.6) is 0 Å². The van der Waals surface area contributed by atoms with E-state index in [1.54, 1.807) is 0 Å². The summed E-state index contributed by atoms with van der Waals surface area (Å²) in [6.07, 6.45) is 0.902. The molecule has 2 heterocycles. The number of rotatable bonds is 2. The first-order valence-electron chi connectivity index (χ1n) is 5.55. The maximum atomic E-state index is 10.8. The molecule has 16 heavy (non-hydrogen) atoms. The molecule has 2 aliphatic rings. The van der Waals surface area contributed by atoms with E-state index < -0.39 is 6.09 Å². The Bertz CT molecular complexity index is 234. The molecule has 0 bridgehead atoms. The van der Waals surface area contributed by atoms with Crippen LogP contribution in [0, 0.1) is 0 Å². The molecular formula is C10H17LiN2O3. The number of ether oxygens (including phenoxy) is 1. The van der Waals surface area contributed by atoms with E-state index in [4.69, 9.17) is 4.74 Å². The Kier molecular flexibility index (Phi) is 5.63. The van der Waals surface area contributed by atoms with E-state index in [2.05, 4.69) is 4.90 Å². The first-order valence-corrected chi connectivity index (χ1v) is 5.55. The number of hydrogen-bond donors (Lipinski definition) is 0. The number of amides is 1. The predicted octanol–water partition coefficient (Wildman–Crippen LogP) is -3.87. The average molecular weight is 220 g/mol. The van der Waals surface area contributed by atoms with Crippen LogP contribution < -0.4 is 24.0 Å². The number of likely N-dealkylation sites (tertiary alicyclic amines) is 1. The van der Waals surface area contributed by atoms with Gasteiger partial charge in [0, 0.05) is 32.2 Å². The molecule has 2 saturated heterocycles. The summed E-state index contributed by atoms with van der Waals surface area (Å²) in [5.74, 6) is 0. The van der Waals surface area contributed by atoms with Gasteiger partial charge in [-0.1, -0.05) is 0 Å². The normalized spacial score (nSPS) is 26.5. The van der Waals surface area contributed by atoms with Gasteiger partial charge in [0.15, 0.2) is 0 Å². The Morgan fingerprint density at radius 3 is 2.62 bits per heavy atom. The second-order valence-electron chi connectivity index (χ2n) is 4.17. The molecule has 0 aliphatic carbocycles. The van der Waals surface area contributed by atoms with Crippen molar-refractivity contribution in [2.45, 2.75) is 18.9 Å². The number of carboxylic acid groups (broad SMARTS) is 1. The van der Waals surface area contributed by atoms with E-state index in [9.17, 15) is 9.90 Å². The molecule has 0 spiro atoms. The van der Waals surface area contributed by atoms with Gasteiger partial charge in [-0.3, -0.25) is 4.90 Å². The molecule has 0 aromatic rings. The zero-order valence-electron chi connectivity index (χ0n) is 9.85. The van der Waals surface area contributed by atoms with E-state index >= 15 is 0 Å². The molecule has 2 fully saturated rings. The fourth-order valence-electron chi connectivity index (χ4n) is 2.35. The molecule has 0 aromatic heterocycles. The molecule has 86 valence electrons. The van der Waals surface area contributed by atoms with Crippen LogP contribution in [0.3, 0.4) is 0 Å². The monoisotopic (exact) mass is 220 g/mol. The van der Waals surface area contributed by atoms with E-state index in [0.717, 1.165) is 45.7 Å². The molecule has 0 aromatic carbocycles. The summed E-state index contributed by atoms with van der Waals surface area (Å²) in [7, 11) is 0. The van der Waals surface area contributed by atoms with E-state index in [-0.39, 0.29) is 24.9 Å². The Morgan fingerprint density at radius 1 is 1.31 bits per heavy atom. The van der Waals surface area contributed by atoms with Crippen LogP contribution in [0.2, 0.25) is 0 Å². The Hall–Kier alpha value is -0.213. The molecule has 0 saturated carbocycles. The number of morpholine rings is 1. The fourth-order valence-corrected chi connectivity index (χ4v) is 2.35. The first-order chi connectivity index (χ1) is 7.27. The number of carbonyl (C=O) groups excluding carboxylic acids is 1. The van der Waals surface area contributed by atoms with Gasteiger partial charge in [-0.2, -0.15) is 0 Å². The van der Waals surface area contributed by atoms with Crippen molar-refractivity contribution in [3.05, 3.63) is 0 Å². The van der Waals surface area contributed by atoms with E-state index in [0.29, 0.717) is 6.54 Å². The average Bonchev–Trinajstić information content (AvgIpc) is 2.67. The van der Waals surface area contributed by atoms with Crippen LogP contribution >= 0.6 is 0 Å². The summed E-state index contributed by atoms with van der Waals surface area (Å²) in [4.78, 5) is 14.6. The zero-order valence-corrected chi connectivity index (χ0v) is 9.85. The summed E-state index contributed by atoms with van der Waals surface area (Å²) in [5, 5.41) is 10.8. The van der Waals surface area contributed by atoms with Gasteiger partial charge in [0.05, 0.1) is 13.2 Å². The van der Waals surface area contributed by atoms with Gasteiger partial charge in [0.2, 0.25) is 0 Å². The van der Waals surface area contributed by atoms with Crippen LogP contribution in [-0.4, -0.2) is 61.3 Å². The molecular weight excluding hydrogens is 203 g/mol. The minimum absolute atomic E-state index is 0. The minimum Gasteiger partial charge on any atom is -0.530 e. The van der Waals surface area contributed by atoms with Crippen molar-refractivity contribution in [3.8, 4) is 0 Å². The molecule has 6 heteroatoms. The molecule has 1 amide bonds. The van der Waals surface area contributed by atoms with Crippen LogP contribution in [-0.2, 0) is 4.74 Å². The number of carbonyl (C=O) groups is 1. The zero-order chi connectivity index (χ0) is 10.7. The Labute approximate surface area is 108 Å². The maximum absolute atomic E-state index is 10.8. The van der Waals surface area contributed by atoms with Gasteiger partial charge in [-0.05, 0) is 12.8 Å². The molecule has 1 atom stereocenters. The second kappa shape index (κ2) is 6.51. The Balaban J connectivity index is 0.00000128. The van der Waals surface area contributed by atoms with Crippen LogP contribution in [0.15, 0.2) is 0 Å². The van der Waals surface area contributed by atoms with Crippen molar-refractivity contribution in [1.29, 1.82) is 0 Å². The summed E-state index contributed by atoms with van der Waals surface area (Å²) in [6.45, 7) is 4.82. The van der Waals surface area contributed by atoms with Crippen LogP contribution in [0.4, 0.5) is 4.79 Å². The van der Waals surface area contributed by atoms with Crippen molar-refractivity contribution < 1.29 is 33.5 Å². The second-order valence-corrected chi connectivity index (χ2v) is 4.17. The van der Waals surface area contributed by atoms with Crippen molar-refractivity contribution in [2.75, 3.05) is 39.4 Å². The Morgan fingerprint density at radius 2 is 2.00 bits per heavy atom. The van der Waals surface area contributed by atoms with Gasteiger partial charge < -0.3 is 19.5 Å². The van der Waals surface area contributed by atoms with Gasteiger partial charge >= 0.3 is 18.9 Å². The van der Waals surface area contributed by atoms with Gasteiger partial charge in [-0.25, -0.2) is 0 Å². The molecule has 5 nitrogen and oxygen atoms in total. The third-order valence-corrected chi connectivity index (χ3v) is 3.18. The number of nitrogens with zero attached hydrogens (tertiary/aromatic N) is 2. The van der Waals surface area contributed by atoms with Gasteiger partial charge in [-0.15, -0.1) is 0 Å².